The highest BCUT2D eigenvalue weighted by Crippen LogP contribution is 2.22. The number of carbonyl (C=O) groups is 2. The van der Waals surface area contributed by atoms with Crippen LogP contribution in [0.4, 0.5) is 5.69 Å². The molecule has 1 aliphatic heterocycles. The Morgan fingerprint density at radius 3 is 2.96 bits per heavy atom. The summed E-state index contributed by atoms with van der Waals surface area (Å²) < 4.78 is 6.91. The molecule has 1 saturated heterocycles. The number of aromatic nitrogens is 2. The summed E-state index contributed by atoms with van der Waals surface area (Å²) in [6.07, 6.45) is 4.09. The number of hydrogen-bond acceptors (Lipinski definition) is 4. The zero-order valence-electron chi connectivity index (χ0n) is 14.4. The van der Waals surface area contributed by atoms with E-state index in [1.54, 1.807) is 53.4 Å². The molecule has 2 amide bonds. The van der Waals surface area contributed by atoms with Gasteiger partial charge in [-0.25, -0.2) is 0 Å². The Balaban J connectivity index is 1.60. The molecule has 1 atom stereocenters. The first-order valence-electron chi connectivity index (χ1n) is 8.37. The average molecular weight is 342 g/mol. The highest BCUT2D eigenvalue weighted by atomic mass is 16.5. The predicted octanol–water partition coefficient (Wildman–Crippen LogP) is 2.01. The van der Waals surface area contributed by atoms with E-state index in [0.29, 0.717) is 36.5 Å². The quantitative estimate of drug-likeness (QED) is 0.902. The SMILES string of the molecule is CCn1cc(NC(=O)C2CCN(C(=O)c3cccc(OC)c3)C2)cn1. The summed E-state index contributed by atoms with van der Waals surface area (Å²) in [6.45, 7) is 3.73. The number of ether oxygens (including phenoxy) is 1. The molecule has 3 rings (SSSR count). The summed E-state index contributed by atoms with van der Waals surface area (Å²) in [7, 11) is 1.57. The zero-order chi connectivity index (χ0) is 17.8. The van der Waals surface area contributed by atoms with Crippen molar-refractivity contribution < 1.29 is 14.3 Å². The van der Waals surface area contributed by atoms with Crippen LogP contribution in [0.15, 0.2) is 36.7 Å². The third kappa shape index (κ3) is 3.81. The molecule has 0 aliphatic carbocycles. The molecule has 132 valence electrons. The number of amides is 2. The Morgan fingerprint density at radius 2 is 2.24 bits per heavy atom. The summed E-state index contributed by atoms with van der Waals surface area (Å²) in [6, 6.07) is 7.07. The molecule has 0 spiro atoms. The second-order valence-corrected chi connectivity index (χ2v) is 6.04. The van der Waals surface area contributed by atoms with E-state index >= 15 is 0 Å². The maximum absolute atomic E-state index is 12.6. The van der Waals surface area contributed by atoms with Crippen LogP contribution in [0.1, 0.15) is 23.7 Å². The van der Waals surface area contributed by atoms with Crippen LogP contribution in [0.2, 0.25) is 0 Å². The van der Waals surface area contributed by atoms with Crippen molar-refractivity contribution in [3.63, 3.8) is 0 Å². The van der Waals surface area contributed by atoms with Crippen molar-refractivity contribution in [2.45, 2.75) is 19.9 Å². The van der Waals surface area contributed by atoms with E-state index in [1.165, 1.54) is 0 Å². The summed E-state index contributed by atoms with van der Waals surface area (Å²) in [5, 5.41) is 7.01. The molecule has 7 heteroatoms. The Kier molecular flexibility index (Phi) is 5.02. The number of carbonyl (C=O) groups excluding carboxylic acids is 2. The van der Waals surface area contributed by atoms with Gasteiger partial charge in [0.2, 0.25) is 5.91 Å². The standard InChI is InChI=1S/C18H22N4O3/c1-3-22-12-15(10-19-22)20-17(23)14-7-8-21(11-14)18(24)13-5-4-6-16(9-13)25-2/h4-6,9-10,12,14H,3,7-8,11H2,1-2H3,(H,20,23). The van der Waals surface area contributed by atoms with Crippen molar-refractivity contribution in [3.8, 4) is 5.75 Å². The Bertz CT molecular complexity index is 771. The summed E-state index contributed by atoms with van der Waals surface area (Å²) >= 11 is 0. The van der Waals surface area contributed by atoms with Gasteiger partial charge in [0.25, 0.3) is 5.91 Å². The monoisotopic (exact) mass is 342 g/mol. The first kappa shape index (κ1) is 17.0. The number of nitrogens with zero attached hydrogens (tertiary/aromatic N) is 3. The minimum absolute atomic E-state index is 0.0726. The van der Waals surface area contributed by atoms with Crippen LogP contribution >= 0.6 is 0 Å². The van der Waals surface area contributed by atoms with Crippen LogP contribution in [0, 0.1) is 5.92 Å². The Labute approximate surface area is 146 Å². The van der Waals surface area contributed by atoms with Gasteiger partial charge < -0.3 is 15.0 Å². The van der Waals surface area contributed by atoms with E-state index in [9.17, 15) is 9.59 Å². The second kappa shape index (κ2) is 7.38. The highest BCUT2D eigenvalue weighted by Gasteiger charge is 2.31. The van der Waals surface area contributed by atoms with Gasteiger partial charge in [0, 0.05) is 31.4 Å². The van der Waals surface area contributed by atoms with Crippen molar-refractivity contribution in [3.05, 3.63) is 42.2 Å². The molecular formula is C18H22N4O3. The minimum atomic E-state index is -0.209. The number of methoxy groups -OCH3 is 1. The van der Waals surface area contributed by atoms with Crippen LogP contribution in [-0.4, -0.2) is 46.7 Å². The molecule has 1 aromatic carbocycles. The second-order valence-electron chi connectivity index (χ2n) is 6.04. The number of likely N-dealkylation sites (tertiary alicyclic amines) is 1. The third-order valence-electron chi connectivity index (χ3n) is 4.39. The van der Waals surface area contributed by atoms with Gasteiger partial charge in [-0.3, -0.25) is 14.3 Å². The van der Waals surface area contributed by atoms with Gasteiger partial charge in [0.1, 0.15) is 5.75 Å². The van der Waals surface area contributed by atoms with Crippen molar-refractivity contribution in [2.24, 2.45) is 5.92 Å². The molecule has 0 saturated carbocycles. The van der Waals surface area contributed by atoms with Gasteiger partial charge in [0.05, 0.1) is 24.9 Å². The van der Waals surface area contributed by atoms with E-state index in [-0.39, 0.29) is 17.7 Å². The summed E-state index contributed by atoms with van der Waals surface area (Å²) in [4.78, 5) is 26.7. The molecule has 7 nitrogen and oxygen atoms in total. The lowest BCUT2D eigenvalue weighted by molar-refractivity contribution is -0.119. The van der Waals surface area contributed by atoms with Crippen LogP contribution in [0.3, 0.4) is 0 Å². The van der Waals surface area contributed by atoms with E-state index in [1.807, 2.05) is 6.92 Å². The number of nitrogens with one attached hydrogen (secondary N) is 1. The summed E-state index contributed by atoms with van der Waals surface area (Å²) in [5.74, 6) is 0.288. The van der Waals surface area contributed by atoms with Gasteiger partial charge >= 0.3 is 0 Å². The molecule has 2 heterocycles. The topological polar surface area (TPSA) is 76.5 Å². The smallest absolute Gasteiger partial charge is 0.254 e. The molecule has 1 aromatic heterocycles. The normalized spacial score (nSPS) is 16.7. The summed E-state index contributed by atoms with van der Waals surface area (Å²) in [5.41, 5.74) is 1.26. The predicted molar refractivity (Wildman–Crippen MR) is 93.5 cm³/mol. The van der Waals surface area contributed by atoms with Gasteiger partial charge in [-0.2, -0.15) is 5.10 Å². The Morgan fingerprint density at radius 1 is 1.40 bits per heavy atom. The zero-order valence-corrected chi connectivity index (χ0v) is 14.4. The minimum Gasteiger partial charge on any atom is -0.497 e. The van der Waals surface area contributed by atoms with Gasteiger partial charge in [-0.1, -0.05) is 6.07 Å². The number of anilines is 1. The first-order valence-corrected chi connectivity index (χ1v) is 8.37. The molecule has 0 radical (unpaired) electrons. The highest BCUT2D eigenvalue weighted by molar-refractivity contribution is 5.97. The largest absolute Gasteiger partial charge is 0.497 e. The van der Waals surface area contributed by atoms with Crippen LogP contribution in [-0.2, 0) is 11.3 Å². The average Bonchev–Trinajstić information content (AvgIpc) is 3.30. The molecule has 2 aromatic rings. The number of aryl methyl sites for hydroxylation is 1. The van der Waals surface area contributed by atoms with Crippen LogP contribution in [0.25, 0.3) is 0 Å². The molecule has 1 N–H and O–H groups in total. The lowest BCUT2D eigenvalue weighted by atomic mass is 10.1. The molecule has 1 aliphatic rings. The van der Waals surface area contributed by atoms with Gasteiger partial charge in [0.15, 0.2) is 0 Å². The van der Waals surface area contributed by atoms with Crippen LogP contribution in [0.5, 0.6) is 5.75 Å². The number of benzene rings is 1. The van der Waals surface area contributed by atoms with Gasteiger partial charge in [-0.05, 0) is 31.5 Å². The fraction of sp³-hybridized carbons (Fsp3) is 0.389. The maximum atomic E-state index is 12.6. The molecule has 1 unspecified atom stereocenters. The molecule has 25 heavy (non-hydrogen) atoms. The van der Waals surface area contributed by atoms with Crippen molar-refractivity contribution in [2.75, 3.05) is 25.5 Å². The molecule has 0 bridgehead atoms. The lowest BCUT2D eigenvalue weighted by Gasteiger charge is -2.17. The fourth-order valence-corrected chi connectivity index (χ4v) is 2.94. The Hall–Kier alpha value is -2.83. The van der Waals surface area contributed by atoms with E-state index in [4.69, 9.17) is 4.74 Å². The number of hydrogen-bond donors (Lipinski definition) is 1. The van der Waals surface area contributed by atoms with E-state index < -0.39 is 0 Å². The van der Waals surface area contributed by atoms with E-state index in [0.717, 1.165) is 6.54 Å². The first-order chi connectivity index (χ1) is 12.1. The lowest BCUT2D eigenvalue weighted by Crippen LogP contribution is -2.31. The van der Waals surface area contributed by atoms with Crippen molar-refractivity contribution in [1.82, 2.24) is 14.7 Å². The molecule has 1 fully saturated rings. The van der Waals surface area contributed by atoms with Crippen molar-refractivity contribution >= 4 is 17.5 Å². The third-order valence-corrected chi connectivity index (χ3v) is 4.39. The van der Waals surface area contributed by atoms with Gasteiger partial charge in [-0.15, -0.1) is 0 Å². The van der Waals surface area contributed by atoms with E-state index in [2.05, 4.69) is 10.4 Å². The number of rotatable bonds is 5. The maximum Gasteiger partial charge on any atom is 0.254 e. The fourth-order valence-electron chi connectivity index (χ4n) is 2.94. The molecular weight excluding hydrogens is 320 g/mol. The van der Waals surface area contributed by atoms with Crippen molar-refractivity contribution in [1.29, 1.82) is 0 Å². The van der Waals surface area contributed by atoms with Crippen LogP contribution < -0.4 is 10.1 Å².